The molecule has 0 unspecified atom stereocenters. The predicted octanol–water partition coefficient (Wildman–Crippen LogP) is 7.72. The lowest BCUT2D eigenvalue weighted by Gasteiger charge is -2.22. The average molecular weight is 1040 g/mol. The first-order valence-electron chi connectivity index (χ1n) is 23.6. The van der Waals surface area contributed by atoms with Crippen molar-refractivity contribution in [1.29, 1.82) is 0 Å². The van der Waals surface area contributed by atoms with Crippen molar-refractivity contribution < 1.29 is 76.3 Å². The van der Waals surface area contributed by atoms with Gasteiger partial charge in [-0.15, -0.1) is 0 Å². The molecular formula is C52H82ClN3O16. The van der Waals surface area contributed by atoms with Gasteiger partial charge >= 0.3 is 35.8 Å². The van der Waals surface area contributed by atoms with Gasteiger partial charge in [0.15, 0.2) is 0 Å². The number of benzene rings is 2. The normalized spacial score (nSPS) is 12.3. The summed E-state index contributed by atoms with van der Waals surface area (Å²) in [6.07, 6.45) is 0.0445. The van der Waals surface area contributed by atoms with Gasteiger partial charge in [-0.2, -0.15) is 0 Å². The van der Waals surface area contributed by atoms with Crippen LogP contribution in [0.5, 0.6) is 11.5 Å². The molecule has 0 saturated heterocycles. The van der Waals surface area contributed by atoms with Gasteiger partial charge < -0.3 is 54.7 Å². The molecule has 5 N–H and O–H groups in total. The van der Waals surface area contributed by atoms with E-state index in [9.17, 15) is 38.4 Å². The Labute approximate surface area is 431 Å². The molecule has 19 nitrogen and oxygen atoms in total. The smallest absolute Gasteiger partial charge is 0.328 e. The van der Waals surface area contributed by atoms with Gasteiger partial charge in [-0.25, -0.2) is 4.79 Å². The lowest BCUT2D eigenvalue weighted by molar-refractivity contribution is -0.157. The van der Waals surface area contributed by atoms with Gasteiger partial charge in [-0.05, 0) is 183 Å². The van der Waals surface area contributed by atoms with E-state index in [4.69, 9.17) is 61.0 Å². The summed E-state index contributed by atoms with van der Waals surface area (Å²) in [7, 11) is 3.10. The van der Waals surface area contributed by atoms with Gasteiger partial charge in [0, 0.05) is 30.4 Å². The Kier molecular flexibility index (Phi) is 32.0. The zero-order chi connectivity index (χ0) is 56.2. The summed E-state index contributed by atoms with van der Waals surface area (Å²) < 4.78 is 40.5. The Morgan fingerprint density at radius 1 is 0.486 bits per heavy atom. The fraction of sp³-hybridized carbons (Fsp3) is 0.615. The molecule has 0 heterocycles. The van der Waals surface area contributed by atoms with Crippen LogP contribution in [-0.2, 0) is 57.2 Å². The molecule has 2 rings (SSSR count). The topological polar surface area (TPSA) is 274 Å². The van der Waals surface area contributed by atoms with Crippen molar-refractivity contribution in [3.63, 3.8) is 0 Å². The number of hydrogen-bond donors (Lipinski definition) is 3. The van der Waals surface area contributed by atoms with E-state index in [0.717, 1.165) is 0 Å². The van der Waals surface area contributed by atoms with Crippen molar-refractivity contribution in [2.24, 2.45) is 11.5 Å². The Balaban J connectivity index is 0. The van der Waals surface area contributed by atoms with Crippen molar-refractivity contribution in [2.45, 2.75) is 196 Å². The molecule has 72 heavy (non-hydrogen) atoms. The number of hydrogen-bond acceptors (Lipinski definition) is 18. The van der Waals surface area contributed by atoms with E-state index in [1.54, 1.807) is 159 Å². The average Bonchev–Trinajstić information content (AvgIpc) is 3.24. The van der Waals surface area contributed by atoms with Gasteiger partial charge in [0.2, 0.25) is 0 Å². The van der Waals surface area contributed by atoms with Crippen LogP contribution in [0.25, 0.3) is 0 Å². The lowest BCUT2D eigenvalue weighted by atomic mass is 10.1. The third-order valence-electron chi connectivity index (χ3n) is 8.14. The fourth-order valence-corrected chi connectivity index (χ4v) is 5.26. The summed E-state index contributed by atoms with van der Waals surface area (Å²) in [4.78, 5) is 92.7. The summed E-state index contributed by atoms with van der Waals surface area (Å²) in [5.74, 6) is -1.81. The van der Waals surface area contributed by atoms with Crippen LogP contribution in [0.4, 0.5) is 0 Å². The van der Waals surface area contributed by atoms with Gasteiger partial charge in [-0.3, -0.25) is 33.6 Å². The van der Waals surface area contributed by atoms with E-state index in [-0.39, 0.29) is 68.8 Å². The van der Waals surface area contributed by atoms with E-state index in [2.05, 4.69) is 5.32 Å². The maximum atomic E-state index is 12.4. The molecule has 2 aromatic carbocycles. The molecule has 0 aromatic heterocycles. The number of carbonyl (C=O) groups is 8. The van der Waals surface area contributed by atoms with Crippen LogP contribution >= 0.6 is 11.6 Å². The molecule has 0 fully saturated rings. The number of methoxy groups -OCH3 is 2. The minimum Gasteiger partial charge on any atom is -0.497 e. The summed E-state index contributed by atoms with van der Waals surface area (Å²) in [5.41, 5.74) is 10.4. The lowest BCUT2D eigenvalue weighted by Crippen LogP contribution is -2.43. The summed E-state index contributed by atoms with van der Waals surface area (Å²) in [5, 5.41) is 2.18. The Morgan fingerprint density at radius 2 is 0.778 bits per heavy atom. The van der Waals surface area contributed by atoms with E-state index in [0.29, 0.717) is 22.6 Å². The van der Waals surface area contributed by atoms with Crippen LogP contribution in [-0.4, -0.2) is 114 Å². The van der Waals surface area contributed by atoms with Crippen LogP contribution in [0, 0.1) is 0 Å². The van der Waals surface area contributed by atoms with Crippen LogP contribution < -0.4 is 26.3 Å². The molecule has 0 spiro atoms. The summed E-state index contributed by atoms with van der Waals surface area (Å²) >= 11 is 5.22. The highest BCUT2D eigenvalue weighted by Gasteiger charge is 2.27. The number of rotatable bonds is 20. The second-order valence-electron chi connectivity index (χ2n) is 19.8. The Bertz CT molecular complexity index is 1930. The van der Waals surface area contributed by atoms with Gasteiger partial charge in [0.05, 0.1) is 32.5 Å². The molecule has 1 amide bonds. The molecule has 0 aliphatic carbocycles. The molecule has 0 aliphatic rings. The molecular weight excluding hydrogens is 958 g/mol. The van der Waals surface area contributed by atoms with Crippen LogP contribution in [0.1, 0.15) is 163 Å². The molecule has 408 valence electrons. The Morgan fingerprint density at radius 3 is 1.06 bits per heavy atom. The highest BCUT2D eigenvalue weighted by Crippen LogP contribution is 2.16. The number of halogens is 1. The number of nitrogens with one attached hydrogen (secondary N) is 1. The molecule has 0 aliphatic heterocycles. The third kappa shape index (κ3) is 36.2. The van der Waals surface area contributed by atoms with Crippen molar-refractivity contribution in [3.05, 3.63) is 59.7 Å². The fourth-order valence-electron chi connectivity index (χ4n) is 5.13. The minimum atomic E-state index is -0.950. The SMILES string of the molecule is CC(C)OC(=O)[C@@H](N)CCC(=O)OC(C)(C)C.CC(C)OC(=O)[C@@H](N)CCC(=O)OC(C)(C)C.COc1ccc(C(=O)Cl)cc1.COc1ccc(C(=O)N[C@@H](CCC(=O)OC(C)(C)C)C(=O)OC(C)C)cc1. The molecule has 20 heteroatoms. The first kappa shape index (κ1) is 68.3. The zero-order valence-electron chi connectivity index (χ0n) is 45.4. The molecule has 0 saturated carbocycles. The third-order valence-corrected chi connectivity index (χ3v) is 8.35. The van der Waals surface area contributed by atoms with Crippen LogP contribution in [0.2, 0.25) is 0 Å². The van der Waals surface area contributed by atoms with Crippen molar-refractivity contribution >= 4 is 58.6 Å². The van der Waals surface area contributed by atoms with Gasteiger partial charge in [0.25, 0.3) is 11.1 Å². The van der Waals surface area contributed by atoms with Crippen LogP contribution in [0.15, 0.2) is 48.5 Å². The second-order valence-corrected chi connectivity index (χ2v) is 20.1. The highest BCUT2D eigenvalue weighted by molar-refractivity contribution is 6.67. The maximum absolute atomic E-state index is 12.4. The number of esters is 6. The number of carbonyl (C=O) groups excluding carboxylic acids is 8. The summed E-state index contributed by atoms with van der Waals surface area (Å²) in [6.45, 7) is 26.5. The Hall–Kier alpha value is -5.79. The second kappa shape index (κ2) is 33.8. The standard InChI is InChI=1S/C20H29NO6.2C12H23NO4.C8H7ClO2/c1-13(2)26-19(24)16(11-12-17(22)27-20(3,4)5)21-18(23)14-7-9-15(25-6)10-8-14;2*1-8(2)16-11(15)9(13)6-7-10(14)17-12(3,4)5;1-11-7-4-2-6(3-5-7)8(9)10/h7-10,13,16H,11-12H2,1-6H3,(H,21,23);2*8-9H,6-7,13H2,1-5H3;2-5H,1H3/t16-;2*9-;/m000./s1. The maximum Gasteiger partial charge on any atom is 0.328 e. The quantitative estimate of drug-likeness (QED) is 0.0650. The van der Waals surface area contributed by atoms with Gasteiger partial charge in [-0.1, -0.05) is 0 Å². The molecule has 3 atom stereocenters. The first-order valence-corrected chi connectivity index (χ1v) is 23.9. The van der Waals surface area contributed by atoms with E-state index >= 15 is 0 Å². The largest absolute Gasteiger partial charge is 0.497 e. The van der Waals surface area contributed by atoms with Crippen molar-refractivity contribution in [2.75, 3.05) is 14.2 Å². The van der Waals surface area contributed by atoms with E-state index in [1.165, 1.54) is 7.11 Å². The monoisotopic (exact) mass is 1040 g/mol. The van der Waals surface area contributed by atoms with E-state index < -0.39 is 70.0 Å². The molecule has 0 bridgehead atoms. The van der Waals surface area contributed by atoms with Gasteiger partial charge in [0.1, 0.15) is 46.4 Å². The first-order chi connectivity index (χ1) is 33.0. The van der Waals surface area contributed by atoms with Crippen molar-refractivity contribution in [1.82, 2.24) is 5.32 Å². The molecule has 0 radical (unpaired) electrons. The summed E-state index contributed by atoms with van der Waals surface area (Å²) in [6, 6.07) is 10.6. The van der Waals surface area contributed by atoms with Crippen molar-refractivity contribution in [3.8, 4) is 11.5 Å². The number of ether oxygens (including phenoxy) is 8. The minimum absolute atomic E-state index is 0.0158. The number of nitrogens with two attached hydrogens (primary N) is 2. The number of amides is 1. The predicted molar refractivity (Wildman–Crippen MR) is 272 cm³/mol. The zero-order valence-corrected chi connectivity index (χ0v) is 46.1. The van der Waals surface area contributed by atoms with E-state index in [1.807, 2.05) is 0 Å². The highest BCUT2D eigenvalue weighted by atomic mass is 35.5. The van der Waals surface area contributed by atoms with Crippen LogP contribution in [0.3, 0.4) is 0 Å². The molecule has 2 aromatic rings.